The number of nitrogens with one attached hydrogen (secondary N) is 2. The van der Waals surface area contributed by atoms with Gasteiger partial charge in [-0.05, 0) is 56.6 Å². The van der Waals surface area contributed by atoms with E-state index in [1.165, 1.54) is 0 Å². The molecule has 27 heavy (non-hydrogen) atoms. The Hall–Kier alpha value is -2.37. The molecule has 2 rings (SSSR count). The van der Waals surface area contributed by atoms with Crippen LogP contribution in [0.5, 0.6) is 0 Å². The first-order valence-electron chi connectivity index (χ1n) is 8.94. The summed E-state index contributed by atoms with van der Waals surface area (Å²) in [5.74, 6) is -0.322. The van der Waals surface area contributed by atoms with Crippen molar-refractivity contribution in [2.24, 2.45) is 0 Å². The van der Waals surface area contributed by atoms with Gasteiger partial charge in [0.2, 0.25) is 11.8 Å². The fourth-order valence-corrected chi connectivity index (χ4v) is 2.92. The molecule has 2 aromatic rings. The van der Waals surface area contributed by atoms with Crippen LogP contribution in [-0.2, 0) is 9.59 Å². The highest BCUT2D eigenvalue weighted by molar-refractivity contribution is 6.31. The van der Waals surface area contributed by atoms with Gasteiger partial charge in [-0.3, -0.25) is 14.5 Å². The number of nitrogens with zero attached hydrogens (tertiary/aromatic N) is 1. The van der Waals surface area contributed by atoms with E-state index in [4.69, 9.17) is 11.6 Å². The van der Waals surface area contributed by atoms with Crippen molar-refractivity contribution < 1.29 is 9.59 Å². The number of carbonyl (C=O) groups excluding carboxylic acids is 2. The van der Waals surface area contributed by atoms with Crippen LogP contribution < -0.4 is 10.6 Å². The number of halogens is 1. The molecule has 0 atom stereocenters. The average molecular weight is 388 g/mol. The minimum Gasteiger partial charge on any atom is -0.325 e. The van der Waals surface area contributed by atoms with Crippen molar-refractivity contribution in [1.82, 2.24) is 4.90 Å². The van der Waals surface area contributed by atoms with Gasteiger partial charge >= 0.3 is 0 Å². The second-order valence-electron chi connectivity index (χ2n) is 6.68. The van der Waals surface area contributed by atoms with Gasteiger partial charge in [-0.25, -0.2) is 0 Å². The van der Waals surface area contributed by atoms with Crippen LogP contribution in [0, 0.1) is 20.8 Å². The second-order valence-corrected chi connectivity index (χ2v) is 7.11. The van der Waals surface area contributed by atoms with Crippen LogP contribution in [0.3, 0.4) is 0 Å². The highest BCUT2D eigenvalue weighted by Gasteiger charge is 2.15. The van der Waals surface area contributed by atoms with Crippen molar-refractivity contribution in [2.45, 2.75) is 27.7 Å². The number of likely N-dealkylation sites (N-methyl/N-ethyl adjacent to an activating group) is 1. The number of hydrogen-bond acceptors (Lipinski definition) is 3. The Morgan fingerprint density at radius 1 is 0.889 bits per heavy atom. The first-order chi connectivity index (χ1) is 12.8. The zero-order valence-corrected chi connectivity index (χ0v) is 17.0. The van der Waals surface area contributed by atoms with Crippen molar-refractivity contribution in [3.8, 4) is 0 Å². The molecule has 2 amide bonds. The molecule has 0 aliphatic heterocycles. The van der Waals surface area contributed by atoms with Crippen LogP contribution in [0.1, 0.15) is 23.6 Å². The van der Waals surface area contributed by atoms with E-state index >= 15 is 0 Å². The highest BCUT2D eigenvalue weighted by atomic mass is 35.5. The minimum absolute atomic E-state index is 0.128. The summed E-state index contributed by atoms with van der Waals surface area (Å²) in [6, 6.07) is 11.2. The SMILES string of the molecule is CCN(CC(=O)Nc1ccc(C)cc1C)CC(=O)Nc1cc(Cl)ccc1C. The lowest BCUT2D eigenvalue weighted by atomic mass is 10.1. The van der Waals surface area contributed by atoms with E-state index in [2.05, 4.69) is 10.6 Å². The summed E-state index contributed by atoms with van der Waals surface area (Å²) in [7, 11) is 0. The lowest BCUT2D eigenvalue weighted by Gasteiger charge is -2.20. The Bertz CT molecular complexity index is 836. The zero-order chi connectivity index (χ0) is 20.0. The molecule has 0 radical (unpaired) electrons. The molecule has 144 valence electrons. The van der Waals surface area contributed by atoms with Crippen LogP contribution in [-0.4, -0.2) is 36.3 Å². The summed E-state index contributed by atoms with van der Waals surface area (Å²) < 4.78 is 0. The molecular formula is C21H26ClN3O2. The van der Waals surface area contributed by atoms with E-state index in [9.17, 15) is 9.59 Å². The maximum Gasteiger partial charge on any atom is 0.238 e. The van der Waals surface area contributed by atoms with Gasteiger partial charge in [-0.15, -0.1) is 0 Å². The van der Waals surface area contributed by atoms with E-state index < -0.39 is 0 Å². The van der Waals surface area contributed by atoms with Crippen molar-refractivity contribution in [3.63, 3.8) is 0 Å². The normalized spacial score (nSPS) is 10.7. The topological polar surface area (TPSA) is 61.4 Å². The maximum atomic E-state index is 12.4. The third-order valence-corrected chi connectivity index (χ3v) is 4.55. The molecule has 0 saturated heterocycles. The molecule has 0 bridgehead atoms. The van der Waals surface area contributed by atoms with E-state index in [0.717, 1.165) is 22.4 Å². The number of carbonyl (C=O) groups is 2. The maximum absolute atomic E-state index is 12.4. The number of rotatable bonds is 7. The fraction of sp³-hybridized carbons (Fsp3) is 0.333. The highest BCUT2D eigenvalue weighted by Crippen LogP contribution is 2.20. The predicted octanol–water partition coefficient (Wildman–Crippen LogP) is 4.16. The van der Waals surface area contributed by atoms with Crippen LogP contribution in [0.15, 0.2) is 36.4 Å². The summed E-state index contributed by atoms with van der Waals surface area (Å²) in [5, 5.41) is 6.34. The Kier molecular flexibility index (Phi) is 7.39. The van der Waals surface area contributed by atoms with Crippen LogP contribution in [0.2, 0.25) is 5.02 Å². The summed E-state index contributed by atoms with van der Waals surface area (Å²) in [4.78, 5) is 26.5. The monoisotopic (exact) mass is 387 g/mol. The molecule has 0 aliphatic rings. The second kappa shape index (κ2) is 9.53. The Morgan fingerprint density at radius 2 is 1.52 bits per heavy atom. The van der Waals surface area contributed by atoms with Crippen LogP contribution >= 0.6 is 11.6 Å². The quantitative estimate of drug-likeness (QED) is 0.749. The molecule has 0 unspecified atom stereocenters. The van der Waals surface area contributed by atoms with E-state index in [0.29, 0.717) is 17.3 Å². The van der Waals surface area contributed by atoms with Gasteiger partial charge in [0.15, 0.2) is 0 Å². The molecule has 0 aromatic heterocycles. The van der Waals surface area contributed by atoms with Gasteiger partial charge in [0.1, 0.15) is 0 Å². The van der Waals surface area contributed by atoms with Crippen molar-refractivity contribution in [3.05, 3.63) is 58.1 Å². The van der Waals surface area contributed by atoms with E-state index in [1.54, 1.807) is 17.0 Å². The number of benzene rings is 2. The first-order valence-corrected chi connectivity index (χ1v) is 9.31. The Morgan fingerprint density at radius 3 is 2.11 bits per heavy atom. The van der Waals surface area contributed by atoms with Crippen molar-refractivity contribution >= 4 is 34.8 Å². The third kappa shape index (κ3) is 6.38. The Balaban J connectivity index is 1.93. The standard InChI is InChI=1S/C21H26ClN3O2/c1-5-25(12-20(26)23-18-9-6-14(2)10-16(18)4)13-21(27)24-19-11-17(22)8-7-15(19)3/h6-11H,5,12-13H2,1-4H3,(H,23,26)(H,24,27). The molecule has 0 fully saturated rings. The summed E-state index contributed by atoms with van der Waals surface area (Å²) in [6.45, 7) is 8.65. The fourth-order valence-electron chi connectivity index (χ4n) is 2.75. The third-order valence-electron chi connectivity index (χ3n) is 4.31. The molecule has 5 nitrogen and oxygen atoms in total. The molecule has 0 aliphatic carbocycles. The van der Waals surface area contributed by atoms with Crippen LogP contribution in [0.4, 0.5) is 11.4 Å². The number of aryl methyl sites for hydroxylation is 3. The molecule has 2 N–H and O–H groups in total. The summed E-state index contributed by atoms with van der Waals surface area (Å²) >= 11 is 5.99. The van der Waals surface area contributed by atoms with E-state index in [-0.39, 0.29) is 24.9 Å². The molecule has 0 saturated carbocycles. The molecule has 2 aromatic carbocycles. The van der Waals surface area contributed by atoms with E-state index in [1.807, 2.05) is 52.0 Å². The van der Waals surface area contributed by atoms with Gasteiger partial charge in [0.25, 0.3) is 0 Å². The lowest BCUT2D eigenvalue weighted by Crippen LogP contribution is -2.38. The molecule has 0 heterocycles. The van der Waals surface area contributed by atoms with Crippen molar-refractivity contribution in [2.75, 3.05) is 30.3 Å². The van der Waals surface area contributed by atoms with Crippen LogP contribution in [0.25, 0.3) is 0 Å². The largest absolute Gasteiger partial charge is 0.325 e. The van der Waals surface area contributed by atoms with Gasteiger partial charge in [-0.2, -0.15) is 0 Å². The number of hydrogen-bond donors (Lipinski definition) is 2. The average Bonchev–Trinajstić information content (AvgIpc) is 2.60. The summed E-state index contributed by atoms with van der Waals surface area (Å²) in [5.41, 5.74) is 4.57. The van der Waals surface area contributed by atoms with Crippen molar-refractivity contribution in [1.29, 1.82) is 0 Å². The van der Waals surface area contributed by atoms with Gasteiger partial charge < -0.3 is 10.6 Å². The minimum atomic E-state index is -0.179. The van der Waals surface area contributed by atoms with Gasteiger partial charge in [0.05, 0.1) is 13.1 Å². The Labute approximate surface area is 165 Å². The van der Waals surface area contributed by atoms with Gasteiger partial charge in [-0.1, -0.05) is 42.3 Å². The molecule has 6 heteroatoms. The summed E-state index contributed by atoms with van der Waals surface area (Å²) in [6.07, 6.45) is 0. The predicted molar refractivity (Wildman–Crippen MR) is 111 cm³/mol. The molecular weight excluding hydrogens is 362 g/mol. The lowest BCUT2D eigenvalue weighted by molar-refractivity contribution is -0.119. The smallest absolute Gasteiger partial charge is 0.238 e. The van der Waals surface area contributed by atoms with Gasteiger partial charge in [0, 0.05) is 16.4 Å². The first kappa shape index (κ1) is 20.9. The number of amides is 2. The zero-order valence-electron chi connectivity index (χ0n) is 16.2. The molecule has 0 spiro atoms. The number of anilines is 2.